The molecule has 1 aromatic carbocycles. The lowest BCUT2D eigenvalue weighted by Gasteiger charge is -2.08. The molecule has 1 aromatic rings. The number of benzene rings is 1. The summed E-state index contributed by atoms with van der Waals surface area (Å²) in [5.41, 5.74) is 1.17. The first kappa shape index (κ1) is 15.2. The number of hydrogen-bond donors (Lipinski definition) is 1. The predicted molar refractivity (Wildman–Crippen MR) is 71.2 cm³/mol. The minimum Gasteiger partial charge on any atom is -0.495 e. The molecular formula is C13H15NO4S. The second kappa shape index (κ2) is 6.90. The third-order valence-electron chi connectivity index (χ3n) is 2.57. The summed E-state index contributed by atoms with van der Waals surface area (Å²) in [5, 5.41) is 17.6. The van der Waals surface area contributed by atoms with Crippen molar-refractivity contribution in [2.75, 3.05) is 12.9 Å². The third-order valence-corrected chi connectivity index (χ3v) is 4.10. The van der Waals surface area contributed by atoms with Crippen molar-refractivity contribution >= 4 is 16.8 Å². The van der Waals surface area contributed by atoms with Crippen LogP contribution in [-0.4, -0.2) is 28.1 Å². The van der Waals surface area contributed by atoms with Crippen molar-refractivity contribution in [1.29, 1.82) is 5.26 Å². The van der Waals surface area contributed by atoms with E-state index in [2.05, 4.69) is 0 Å². The molecule has 19 heavy (non-hydrogen) atoms. The Morgan fingerprint density at radius 2 is 2.26 bits per heavy atom. The van der Waals surface area contributed by atoms with Crippen molar-refractivity contribution < 1.29 is 18.8 Å². The molecule has 1 N–H and O–H groups in total. The van der Waals surface area contributed by atoms with Gasteiger partial charge in [0.05, 0.1) is 18.6 Å². The van der Waals surface area contributed by atoms with E-state index in [1.807, 2.05) is 6.07 Å². The van der Waals surface area contributed by atoms with E-state index in [0.717, 1.165) is 5.56 Å². The number of hydrogen-bond acceptors (Lipinski definition) is 4. The first-order chi connectivity index (χ1) is 8.97. The zero-order chi connectivity index (χ0) is 14.4. The first-order valence-electron chi connectivity index (χ1n) is 5.62. The van der Waals surface area contributed by atoms with Crippen LogP contribution < -0.4 is 4.74 Å². The zero-order valence-corrected chi connectivity index (χ0v) is 11.6. The molecule has 0 aliphatic rings. The molecule has 0 radical (unpaired) electrons. The fourth-order valence-corrected chi connectivity index (χ4v) is 2.88. The van der Waals surface area contributed by atoms with Crippen molar-refractivity contribution in [2.24, 2.45) is 5.92 Å². The van der Waals surface area contributed by atoms with Crippen LogP contribution in [0, 0.1) is 17.2 Å². The minimum atomic E-state index is -1.26. The molecule has 0 fully saturated rings. The molecule has 0 saturated heterocycles. The maximum Gasteiger partial charge on any atom is 0.307 e. The van der Waals surface area contributed by atoms with Crippen molar-refractivity contribution in [3.63, 3.8) is 0 Å². The number of aliphatic carboxylic acids is 1. The van der Waals surface area contributed by atoms with Gasteiger partial charge in [-0.1, -0.05) is 13.0 Å². The Morgan fingerprint density at radius 3 is 2.79 bits per heavy atom. The molecule has 0 spiro atoms. The highest BCUT2D eigenvalue weighted by molar-refractivity contribution is 7.84. The quantitative estimate of drug-likeness (QED) is 0.854. The highest BCUT2D eigenvalue weighted by atomic mass is 32.2. The Kier molecular flexibility index (Phi) is 5.52. The number of nitriles is 1. The van der Waals surface area contributed by atoms with Gasteiger partial charge in [-0.3, -0.25) is 9.00 Å². The summed E-state index contributed by atoms with van der Waals surface area (Å²) >= 11 is 0. The van der Waals surface area contributed by atoms with Gasteiger partial charge in [-0.15, -0.1) is 0 Å². The molecule has 0 aliphatic carbocycles. The van der Waals surface area contributed by atoms with E-state index in [1.54, 1.807) is 18.2 Å². The standard InChI is InChI=1S/C13H15NO4S/c1-9(13(15)16)7-19(17)8-10-3-4-11(6-14)12(5-10)18-2/h3-5,9H,7-8H2,1-2H3,(H,15,16). The summed E-state index contributed by atoms with van der Waals surface area (Å²) in [6, 6.07) is 6.95. The van der Waals surface area contributed by atoms with Crippen LogP contribution in [0.1, 0.15) is 18.1 Å². The maximum atomic E-state index is 11.8. The third kappa shape index (κ3) is 4.38. The molecule has 0 bridgehead atoms. The fourth-order valence-electron chi connectivity index (χ4n) is 1.51. The van der Waals surface area contributed by atoms with Gasteiger partial charge < -0.3 is 9.84 Å². The lowest BCUT2D eigenvalue weighted by atomic mass is 10.1. The van der Waals surface area contributed by atoms with Gasteiger partial charge in [0.2, 0.25) is 0 Å². The molecule has 1 rings (SSSR count). The topological polar surface area (TPSA) is 87.4 Å². The summed E-state index contributed by atoms with van der Waals surface area (Å²) < 4.78 is 16.9. The Morgan fingerprint density at radius 1 is 1.58 bits per heavy atom. The van der Waals surface area contributed by atoms with Crippen molar-refractivity contribution in [3.05, 3.63) is 29.3 Å². The average Bonchev–Trinajstić information content (AvgIpc) is 2.38. The smallest absolute Gasteiger partial charge is 0.307 e. The highest BCUT2D eigenvalue weighted by Crippen LogP contribution is 2.20. The van der Waals surface area contributed by atoms with Gasteiger partial charge in [-0.2, -0.15) is 5.26 Å². The monoisotopic (exact) mass is 281 g/mol. The van der Waals surface area contributed by atoms with E-state index in [0.29, 0.717) is 11.3 Å². The molecule has 0 heterocycles. The zero-order valence-electron chi connectivity index (χ0n) is 10.8. The molecule has 6 heteroatoms. The van der Waals surface area contributed by atoms with E-state index in [9.17, 15) is 9.00 Å². The largest absolute Gasteiger partial charge is 0.495 e. The second-order valence-corrected chi connectivity index (χ2v) is 5.64. The SMILES string of the molecule is COc1cc(CS(=O)CC(C)C(=O)O)ccc1C#N. The van der Waals surface area contributed by atoms with Gasteiger partial charge in [0, 0.05) is 22.3 Å². The summed E-state index contributed by atoms with van der Waals surface area (Å²) in [6.45, 7) is 1.53. The van der Waals surface area contributed by atoms with Crippen LogP contribution in [0.25, 0.3) is 0 Å². The molecule has 2 atom stereocenters. The van der Waals surface area contributed by atoms with E-state index < -0.39 is 22.7 Å². The summed E-state index contributed by atoms with van der Waals surface area (Å²) in [7, 11) is 0.202. The Balaban J connectivity index is 2.75. The predicted octanol–water partition coefficient (Wildman–Crippen LogP) is 1.54. The van der Waals surface area contributed by atoms with Crippen LogP contribution in [-0.2, 0) is 21.3 Å². The van der Waals surface area contributed by atoms with Crippen molar-refractivity contribution in [1.82, 2.24) is 0 Å². The second-order valence-electron chi connectivity index (χ2n) is 4.14. The molecule has 0 amide bonds. The number of carboxylic acid groups (broad SMARTS) is 1. The molecule has 0 saturated carbocycles. The minimum absolute atomic E-state index is 0.109. The van der Waals surface area contributed by atoms with E-state index in [4.69, 9.17) is 15.1 Å². The van der Waals surface area contributed by atoms with Crippen molar-refractivity contribution in [3.8, 4) is 11.8 Å². The molecule has 0 aliphatic heterocycles. The first-order valence-corrected chi connectivity index (χ1v) is 7.11. The fraction of sp³-hybridized carbons (Fsp3) is 0.385. The van der Waals surface area contributed by atoms with E-state index in [-0.39, 0.29) is 11.5 Å². The number of ether oxygens (including phenoxy) is 1. The lowest BCUT2D eigenvalue weighted by molar-refractivity contribution is -0.140. The van der Waals surface area contributed by atoms with Crippen LogP contribution in [0.2, 0.25) is 0 Å². The number of methoxy groups -OCH3 is 1. The van der Waals surface area contributed by atoms with Crippen LogP contribution in [0.5, 0.6) is 5.75 Å². The Bertz CT molecular complexity index is 536. The summed E-state index contributed by atoms with van der Waals surface area (Å²) in [6.07, 6.45) is 0. The highest BCUT2D eigenvalue weighted by Gasteiger charge is 2.15. The molecule has 0 aromatic heterocycles. The van der Waals surface area contributed by atoms with Gasteiger partial charge in [-0.25, -0.2) is 0 Å². The normalized spacial score (nSPS) is 13.3. The van der Waals surface area contributed by atoms with Crippen molar-refractivity contribution in [2.45, 2.75) is 12.7 Å². The number of carboxylic acids is 1. The summed E-state index contributed by atoms with van der Waals surface area (Å²) in [4.78, 5) is 10.7. The number of carbonyl (C=O) groups is 1. The average molecular weight is 281 g/mol. The number of rotatable bonds is 6. The summed E-state index contributed by atoms with van der Waals surface area (Å²) in [5.74, 6) is -0.799. The molecule has 2 unspecified atom stereocenters. The molecule has 5 nitrogen and oxygen atoms in total. The lowest BCUT2D eigenvalue weighted by Crippen LogP contribution is -2.18. The van der Waals surface area contributed by atoms with Gasteiger partial charge in [-0.05, 0) is 17.7 Å². The van der Waals surface area contributed by atoms with Crippen LogP contribution in [0.15, 0.2) is 18.2 Å². The van der Waals surface area contributed by atoms with Gasteiger partial charge >= 0.3 is 5.97 Å². The van der Waals surface area contributed by atoms with Crippen LogP contribution >= 0.6 is 0 Å². The van der Waals surface area contributed by atoms with Gasteiger partial charge in [0.25, 0.3) is 0 Å². The van der Waals surface area contributed by atoms with E-state index in [1.165, 1.54) is 14.0 Å². The van der Waals surface area contributed by atoms with Crippen LogP contribution in [0.4, 0.5) is 0 Å². The Hall–Kier alpha value is -1.87. The van der Waals surface area contributed by atoms with E-state index >= 15 is 0 Å². The maximum absolute atomic E-state index is 11.8. The van der Waals surface area contributed by atoms with Crippen LogP contribution in [0.3, 0.4) is 0 Å². The molecular weight excluding hydrogens is 266 g/mol. The van der Waals surface area contributed by atoms with Gasteiger partial charge in [0.1, 0.15) is 11.8 Å². The molecule has 102 valence electrons. The Labute approximate surface area is 114 Å². The number of nitrogens with zero attached hydrogens (tertiary/aromatic N) is 1. The van der Waals surface area contributed by atoms with Gasteiger partial charge in [0.15, 0.2) is 0 Å².